The highest BCUT2D eigenvalue weighted by Crippen LogP contribution is 2.20. The Kier molecular flexibility index (Phi) is 5.25. The van der Waals surface area contributed by atoms with Gasteiger partial charge in [0.15, 0.2) is 0 Å². The first-order chi connectivity index (χ1) is 9.08. The van der Waals surface area contributed by atoms with Gasteiger partial charge in [0, 0.05) is 19.8 Å². The smallest absolute Gasteiger partial charge is 0.243 e. The molecule has 0 aliphatic carbocycles. The minimum absolute atomic E-state index is 0.0533. The molecule has 114 valence electrons. The average molecular weight is 325 g/mol. The molecule has 1 aromatic carbocycles. The van der Waals surface area contributed by atoms with Crippen LogP contribution in [0.3, 0.4) is 0 Å². The number of aliphatic hydroxyl groups is 1. The Labute approximate surface area is 117 Å². The number of nitrogens with zero attached hydrogens (tertiary/aromatic N) is 1. The molecule has 1 aromatic rings. The molecule has 0 radical (unpaired) electrons. The molecule has 0 aliphatic rings. The number of sulfone groups is 1. The first-order valence-electron chi connectivity index (χ1n) is 5.61. The Morgan fingerprint density at radius 3 is 2.35 bits per heavy atom. The summed E-state index contributed by atoms with van der Waals surface area (Å²) >= 11 is 0. The van der Waals surface area contributed by atoms with Crippen molar-refractivity contribution in [2.24, 2.45) is 0 Å². The normalized spacial score (nSPS) is 12.8. The number of hydrogen-bond acceptors (Lipinski definition) is 5. The molecule has 0 saturated carbocycles. The standard InChI is InChI=1S/C11H16FNO5S2/c1-13(5-6-19(2,15)16)20(17,18)11-7-10(12)4-3-9(11)8-14/h3-4,7,14H,5-6,8H2,1-2H3. The summed E-state index contributed by atoms with van der Waals surface area (Å²) in [5, 5.41) is 9.11. The van der Waals surface area contributed by atoms with E-state index in [1.807, 2.05) is 0 Å². The van der Waals surface area contributed by atoms with Gasteiger partial charge in [0.1, 0.15) is 15.7 Å². The van der Waals surface area contributed by atoms with Gasteiger partial charge in [-0.3, -0.25) is 0 Å². The number of rotatable bonds is 6. The average Bonchev–Trinajstić information content (AvgIpc) is 2.34. The van der Waals surface area contributed by atoms with Gasteiger partial charge in [-0.25, -0.2) is 21.2 Å². The summed E-state index contributed by atoms with van der Waals surface area (Å²) in [6.07, 6.45) is 0.995. The van der Waals surface area contributed by atoms with Crippen molar-refractivity contribution in [1.29, 1.82) is 0 Å². The van der Waals surface area contributed by atoms with Gasteiger partial charge in [0.05, 0.1) is 17.3 Å². The molecule has 9 heteroatoms. The van der Waals surface area contributed by atoms with Crippen LogP contribution in [0.15, 0.2) is 23.1 Å². The lowest BCUT2D eigenvalue weighted by Crippen LogP contribution is -2.32. The maximum Gasteiger partial charge on any atom is 0.243 e. The van der Waals surface area contributed by atoms with E-state index in [1.165, 1.54) is 13.1 Å². The van der Waals surface area contributed by atoms with Crippen LogP contribution in [0.1, 0.15) is 5.56 Å². The summed E-state index contributed by atoms with van der Waals surface area (Å²) in [5.41, 5.74) is 0.0533. The molecule has 20 heavy (non-hydrogen) atoms. The number of benzene rings is 1. The van der Waals surface area contributed by atoms with E-state index in [9.17, 15) is 21.2 Å². The van der Waals surface area contributed by atoms with Crippen LogP contribution in [0.4, 0.5) is 4.39 Å². The van der Waals surface area contributed by atoms with Gasteiger partial charge in [0.25, 0.3) is 0 Å². The van der Waals surface area contributed by atoms with Crippen LogP contribution in [0.2, 0.25) is 0 Å². The van der Waals surface area contributed by atoms with Gasteiger partial charge in [0.2, 0.25) is 10.0 Å². The molecule has 0 heterocycles. The fourth-order valence-electron chi connectivity index (χ4n) is 1.48. The molecule has 0 amide bonds. The van der Waals surface area contributed by atoms with E-state index in [4.69, 9.17) is 5.11 Å². The van der Waals surface area contributed by atoms with Gasteiger partial charge >= 0.3 is 0 Å². The summed E-state index contributed by atoms with van der Waals surface area (Å²) < 4.78 is 60.6. The predicted octanol–water partition coefficient (Wildman–Crippen LogP) is -0.0169. The molecule has 0 spiro atoms. The molecule has 0 saturated heterocycles. The first kappa shape index (κ1) is 17.0. The molecule has 0 aromatic heterocycles. The molecule has 0 aliphatic heterocycles. The molecule has 0 bridgehead atoms. The Hall–Kier alpha value is -1.03. The zero-order valence-corrected chi connectivity index (χ0v) is 12.7. The number of sulfonamides is 1. The van der Waals surface area contributed by atoms with E-state index in [0.717, 1.165) is 22.7 Å². The van der Waals surface area contributed by atoms with Crippen LogP contribution < -0.4 is 0 Å². The van der Waals surface area contributed by atoms with Gasteiger partial charge in [-0.15, -0.1) is 0 Å². The third-order valence-electron chi connectivity index (χ3n) is 2.66. The molecule has 0 unspecified atom stereocenters. The Morgan fingerprint density at radius 1 is 1.25 bits per heavy atom. The molecule has 0 fully saturated rings. The third-order valence-corrected chi connectivity index (χ3v) is 5.53. The highest BCUT2D eigenvalue weighted by molar-refractivity contribution is 7.91. The van der Waals surface area contributed by atoms with Crippen molar-refractivity contribution < 1.29 is 26.3 Å². The molecule has 6 nitrogen and oxygen atoms in total. The van der Waals surface area contributed by atoms with Crippen molar-refractivity contribution in [2.75, 3.05) is 25.6 Å². The molecular weight excluding hydrogens is 309 g/mol. The zero-order chi connectivity index (χ0) is 15.6. The van der Waals surface area contributed by atoms with Crippen LogP contribution in [-0.4, -0.2) is 51.8 Å². The first-order valence-corrected chi connectivity index (χ1v) is 9.11. The Morgan fingerprint density at radius 2 is 1.85 bits per heavy atom. The van der Waals surface area contributed by atoms with Crippen molar-refractivity contribution in [1.82, 2.24) is 4.31 Å². The van der Waals surface area contributed by atoms with Crippen molar-refractivity contribution in [2.45, 2.75) is 11.5 Å². The van der Waals surface area contributed by atoms with E-state index in [-0.39, 0.29) is 22.8 Å². The maximum absolute atomic E-state index is 13.2. The van der Waals surface area contributed by atoms with Crippen molar-refractivity contribution in [3.05, 3.63) is 29.6 Å². The zero-order valence-electron chi connectivity index (χ0n) is 11.1. The van der Waals surface area contributed by atoms with Crippen LogP contribution >= 0.6 is 0 Å². The van der Waals surface area contributed by atoms with Crippen molar-refractivity contribution in [3.63, 3.8) is 0 Å². The van der Waals surface area contributed by atoms with Crippen LogP contribution in [-0.2, 0) is 26.5 Å². The summed E-state index contributed by atoms with van der Waals surface area (Å²) in [7, 11) is -6.17. The summed E-state index contributed by atoms with van der Waals surface area (Å²) in [4.78, 5) is -0.365. The largest absolute Gasteiger partial charge is 0.392 e. The lowest BCUT2D eigenvalue weighted by atomic mass is 10.2. The maximum atomic E-state index is 13.2. The minimum atomic E-state index is -4.06. The lowest BCUT2D eigenvalue weighted by Gasteiger charge is -2.18. The van der Waals surface area contributed by atoms with Gasteiger partial charge in [-0.05, 0) is 17.7 Å². The Balaban J connectivity index is 3.13. The summed E-state index contributed by atoms with van der Waals surface area (Å²) in [6, 6.07) is 3.02. The topological polar surface area (TPSA) is 91.8 Å². The lowest BCUT2D eigenvalue weighted by molar-refractivity contribution is 0.278. The van der Waals surface area contributed by atoms with E-state index in [2.05, 4.69) is 0 Å². The number of aliphatic hydroxyl groups excluding tert-OH is 1. The monoisotopic (exact) mass is 325 g/mol. The fourth-order valence-corrected chi connectivity index (χ4v) is 3.60. The molecule has 1 N–H and O–H groups in total. The SMILES string of the molecule is CN(CCS(C)(=O)=O)S(=O)(=O)c1cc(F)ccc1CO. The minimum Gasteiger partial charge on any atom is -0.392 e. The second-order valence-corrected chi connectivity index (χ2v) is 8.64. The molecule has 0 atom stereocenters. The molecule has 1 rings (SSSR count). The number of hydrogen-bond donors (Lipinski definition) is 1. The second kappa shape index (κ2) is 6.17. The Bertz CT molecular complexity index is 685. The number of halogens is 1. The van der Waals surface area contributed by atoms with Gasteiger partial charge in [-0.1, -0.05) is 6.07 Å². The third kappa shape index (κ3) is 4.23. The van der Waals surface area contributed by atoms with Crippen LogP contribution in [0.25, 0.3) is 0 Å². The van der Waals surface area contributed by atoms with Crippen LogP contribution in [0.5, 0.6) is 0 Å². The quantitative estimate of drug-likeness (QED) is 0.794. The summed E-state index contributed by atoms with van der Waals surface area (Å²) in [6.45, 7) is -0.808. The highest BCUT2D eigenvalue weighted by atomic mass is 32.2. The van der Waals surface area contributed by atoms with E-state index in [0.29, 0.717) is 0 Å². The molecular formula is C11H16FNO5S2. The predicted molar refractivity (Wildman–Crippen MR) is 71.8 cm³/mol. The second-order valence-electron chi connectivity index (χ2n) is 4.37. The van der Waals surface area contributed by atoms with E-state index >= 15 is 0 Å². The van der Waals surface area contributed by atoms with Crippen LogP contribution in [0, 0.1) is 5.82 Å². The van der Waals surface area contributed by atoms with Crippen molar-refractivity contribution >= 4 is 19.9 Å². The van der Waals surface area contributed by atoms with E-state index < -0.39 is 32.3 Å². The summed E-state index contributed by atoms with van der Waals surface area (Å²) in [5.74, 6) is -1.09. The van der Waals surface area contributed by atoms with E-state index in [1.54, 1.807) is 0 Å². The van der Waals surface area contributed by atoms with Gasteiger partial charge < -0.3 is 5.11 Å². The van der Waals surface area contributed by atoms with Gasteiger partial charge in [-0.2, -0.15) is 4.31 Å². The fraction of sp³-hybridized carbons (Fsp3) is 0.455. The van der Waals surface area contributed by atoms with Crippen molar-refractivity contribution in [3.8, 4) is 0 Å². The highest BCUT2D eigenvalue weighted by Gasteiger charge is 2.25.